The van der Waals surface area contributed by atoms with E-state index >= 15 is 0 Å². The first kappa shape index (κ1) is 13.0. The van der Waals surface area contributed by atoms with Gasteiger partial charge in [0, 0.05) is 18.3 Å². The molecule has 3 nitrogen and oxygen atoms in total. The zero-order valence-electron chi connectivity index (χ0n) is 10.2. The maximum absolute atomic E-state index is 9.46. The minimum Gasteiger partial charge on any atom is -0.394 e. The molecule has 0 bridgehead atoms. The molecule has 2 N–H and O–H groups in total. The topological polar surface area (TPSA) is 43.7 Å². The van der Waals surface area contributed by atoms with Gasteiger partial charge < -0.3 is 15.1 Å². The van der Waals surface area contributed by atoms with Gasteiger partial charge in [-0.1, -0.05) is 17.7 Å². The highest BCUT2D eigenvalue weighted by molar-refractivity contribution is 5.48. The van der Waals surface area contributed by atoms with Gasteiger partial charge in [-0.3, -0.25) is 0 Å². The van der Waals surface area contributed by atoms with Crippen LogP contribution in [0.4, 0.5) is 5.69 Å². The van der Waals surface area contributed by atoms with Crippen LogP contribution in [-0.4, -0.2) is 35.5 Å². The second kappa shape index (κ2) is 5.87. The fraction of sp³-hybridized carbons (Fsp3) is 0.538. The highest BCUT2D eigenvalue weighted by Crippen LogP contribution is 2.18. The maximum atomic E-state index is 9.46. The number of hydrogen-bond acceptors (Lipinski definition) is 3. The van der Waals surface area contributed by atoms with Gasteiger partial charge >= 0.3 is 0 Å². The number of anilines is 1. The van der Waals surface area contributed by atoms with Crippen LogP contribution >= 0.6 is 0 Å². The van der Waals surface area contributed by atoms with E-state index in [1.165, 1.54) is 5.56 Å². The van der Waals surface area contributed by atoms with Gasteiger partial charge in [-0.15, -0.1) is 0 Å². The van der Waals surface area contributed by atoms with Crippen molar-refractivity contribution in [2.75, 3.05) is 18.1 Å². The second-order valence-corrected chi connectivity index (χ2v) is 4.37. The van der Waals surface area contributed by atoms with E-state index in [1.54, 1.807) is 6.92 Å². The molecule has 0 aliphatic heterocycles. The molecule has 0 saturated carbocycles. The van der Waals surface area contributed by atoms with E-state index < -0.39 is 6.10 Å². The SMILES string of the molecule is Cc1ccc(N(CC(C)O)C(C)CO)cc1. The largest absolute Gasteiger partial charge is 0.394 e. The minimum absolute atomic E-state index is 0.0114. The first-order chi connectivity index (χ1) is 7.54. The number of hydrogen-bond donors (Lipinski definition) is 2. The molecule has 3 heteroatoms. The molecule has 90 valence electrons. The molecule has 0 heterocycles. The van der Waals surface area contributed by atoms with Gasteiger partial charge in [0.2, 0.25) is 0 Å². The van der Waals surface area contributed by atoms with Gasteiger partial charge in [-0.2, -0.15) is 0 Å². The monoisotopic (exact) mass is 223 g/mol. The molecule has 1 aromatic rings. The van der Waals surface area contributed by atoms with Crippen LogP contribution in [0.3, 0.4) is 0 Å². The summed E-state index contributed by atoms with van der Waals surface area (Å²) in [6, 6.07) is 8.12. The molecule has 2 atom stereocenters. The molecule has 0 fully saturated rings. The van der Waals surface area contributed by atoms with Gasteiger partial charge in [0.15, 0.2) is 0 Å². The first-order valence-electron chi connectivity index (χ1n) is 5.67. The summed E-state index contributed by atoms with van der Waals surface area (Å²) in [5.41, 5.74) is 2.24. The van der Waals surface area contributed by atoms with E-state index in [4.69, 9.17) is 0 Å². The predicted octanol–water partition coefficient (Wildman–Crippen LogP) is 1.56. The Kier molecular flexibility index (Phi) is 4.77. The Morgan fingerprint density at radius 2 is 1.75 bits per heavy atom. The van der Waals surface area contributed by atoms with E-state index in [2.05, 4.69) is 0 Å². The highest BCUT2D eigenvalue weighted by atomic mass is 16.3. The average Bonchev–Trinajstić information content (AvgIpc) is 2.26. The van der Waals surface area contributed by atoms with E-state index in [1.807, 2.05) is 43.0 Å². The Labute approximate surface area is 97.3 Å². The van der Waals surface area contributed by atoms with Crippen LogP contribution in [0.15, 0.2) is 24.3 Å². The Bertz CT molecular complexity index is 308. The van der Waals surface area contributed by atoms with E-state index in [0.717, 1.165) is 5.69 Å². The number of aliphatic hydroxyl groups excluding tert-OH is 2. The molecule has 0 radical (unpaired) electrons. The van der Waals surface area contributed by atoms with Crippen molar-refractivity contribution in [3.05, 3.63) is 29.8 Å². The third-order valence-corrected chi connectivity index (χ3v) is 2.62. The summed E-state index contributed by atoms with van der Waals surface area (Å²) in [5.74, 6) is 0. The van der Waals surface area contributed by atoms with Crippen LogP contribution in [0, 0.1) is 6.92 Å². The van der Waals surface area contributed by atoms with Gasteiger partial charge in [-0.05, 0) is 32.9 Å². The molecule has 0 amide bonds. The van der Waals surface area contributed by atoms with Crippen LogP contribution in [-0.2, 0) is 0 Å². The molecular formula is C13H21NO2. The average molecular weight is 223 g/mol. The number of benzene rings is 1. The summed E-state index contributed by atoms with van der Waals surface area (Å²) < 4.78 is 0. The number of rotatable bonds is 5. The summed E-state index contributed by atoms with van der Waals surface area (Å²) in [6.45, 7) is 6.36. The lowest BCUT2D eigenvalue weighted by atomic mass is 10.1. The normalized spacial score (nSPS) is 14.6. The van der Waals surface area contributed by atoms with Gasteiger partial charge in [-0.25, -0.2) is 0 Å². The molecule has 16 heavy (non-hydrogen) atoms. The molecule has 0 aliphatic rings. The molecule has 0 aromatic heterocycles. The van der Waals surface area contributed by atoms with Gasteiger partial charge in [0.05, 0.1) is 12.7 Å². The zero-order valence-corrected chi connectivity index (χ0v) is 10.2. The Morgan fingerprint density at radius 3 is 2.19 bits per heavy atom. The van der Waals surface area contributed by atoms with Crippen molar-refractivity contribution in [3.8, 4) is 0 Å². The van der Waals surface area contributed by atoms with Crippen LogP contribution in [0.2, 0.25) is 0 Å². The summed E-state index contributed by atoms with van der Waals surface area (Å²) in [5, 5.41) is 18.7. The highest BCUT2D eigenvalue weighted by Gasteiger charge is 2.15. The smallest absolute Gasteiger partial charge is 0.0687 e. The molecule has 0 spiro atoms. The fourth-order valence-electron chi connectivity index (χ4n) is 1.66. The summed E-state index contributed by atoms with van der Waals surface area (Å²) in [4.78, 5) is 2.02. The van der Waals surface area contributed by atoms with Crippen molar-refractivity contribution in [1.29, 1.82) is 0 Å². The minimum atomic E-state index is -0.407. The van der Waals surface area contributed by atoms with E-state index in [0.29, 0.717) is 6.54 Å². The van der Waals surface area contributed by atoms with Gasteiger partial charge in [0.1, 0.15) is 0 Å². The van der Waals surface area contributed by atoms with Gasteiger partial charge in [0.25, 0.3) is 0 Å². The number of aryl methyl sites for hydroxylation is 1. The lowest BCUT2D eigenvalue weighted by molar-refractivity contribution is 0.190. The van der Waals surface area contributed by atoms with Crippen molar-refractivity contribution in [1.82, 2.24) is 0 Å². The summed E-state index contributed by atoms with van der Waals surface area (Å²) in [6.07, 6.45) is -0.407. The fourth-order valence-corrected chi connectivity index (χ4v) is 1.66. The standard InChI is InChI=1S/C13H21NO2/c1-10-4-6-13(7-5-10)14(8-12(3)16)11(2)9-15/h4-7,11-12,15-16H,8-9H2,1-3H3. The third-order valence-electron chi connectivity index (χ3n) is 2.62. The second-order valence-electron chi connectivity index (χ2n) is 4.37. The van der Waals surface area contributed by atoms with Crippen LogP contribution in [0.25, 0.3) is 0 Å². The van der Waals surface area contributed by atoms with Crippen molar-refractivity contribution >= 4 is 5.69 Å². The van der Waals surface area contributed by atoms with Crippen molar-refractivity contribution in [2.45, 2.75) is 32.9 Å². The van der Waals surface area contributed by atoms with Crippen LogP contribution in [0.1, 0.15) is 19.4 Å². The van der Waals surface area contributed by atoms with Crippen LogP contribution < -0.4 is 4.90 Å². The molecular weight excluding hydrogens is 202 g/mol. The Morgan fingerprint density at radius 1 is 1.19 bits per heavy atom. The molecule has 1 rings (SSSR count). The molecule has 0 saturated heterocycles. The van der Waals surface area contributed by atoms with Crippen LogP contribution in [0.5, 0.6) is 0 Å². The zero-order chi connectivity index (χ0) is 12.1. The Balaban J connectivity index is 2.87. The van der Waals surface area contributed by atoms with E-state index in [9.17, 15) is 10.2 Å². The summed E-state index contributed by atoms with van der Waals surface area (Å²) >= 11 is 0. The Hall–Kier alpha value is -1.06. The predicted molar refractivity (Wildman–Crippen MR) is 66.8 cm³/mol. The molecule has 2 unspecified atom stereocenters. The lowest BCUT2D eigenvalue weighted by Crippen LogP contribution is -2.40. The maximum Gasteiger partial charge on any atom is 0.0687 e. The lowest BCUT2D eigenvalue weighted by Gasteiger charge is -2.31. The number of nitrogens with zero attached hydrogens (tertiary/aromatic N) is 1. The quantitative estimate of drug-likeness (QED) is 0.796. The molecule has 1 aromatic carbocycles. The third kappa shape index (κ3) is 3.51. The molecule has 0 aliphatic carbocycles. The van der Waals surface area contributed by atoms with Crippen molar-refractivity contribution < 1.29 is 10.2 Å². The van der Waals surface area contributed by atoms with Crippen molar-refractivity contribution in [3.63, 3.8) is 0 Å². The number of aliphatic hydroxyl groups is 2. The summed E-state index contributed by atoms with van der Waals surface area (Å²) in [7, 11) is 0. The van der Waals surface area contributed by atoms with E-state index in [-0.39, 0.29) is 12.6 Å². The first-order valence-corrected chi connectivity index (χ1v) is 5.67. The van der Waals surface area contributed by atoms with Crippen molar-refractivity contribution in [2.24, 2.45) is 0 Å².